The number of halogens is 34. The van der Waals surface area contributed by atoms with Crippen LogP contribution in [0.25, 0.3) is 0 Å². The van der Waals surface area contributed by atoms with Crippen molar-refractivity contribution in [1.82, 2.24) is 0 Å². The molecule has 0 aromatic heterocycles. The molecule has 37 heteroatoms. The zero-order valence-corrected chi connectivity index (χ0v) is 23.7. The number of carboxylic acids is 1. The van der Waals surface area contributed by atoms with Crippen molar-refractivity contribution in [3.63, 3.8) is 0 Å². The molecule has 0 unspecified atom stereocenters. The van der Waals surface area contributed by atoms with Crippen molar-refractivity contribution in [2.45, 2.75) is 102 Å². The van der Waals surface area contributed by atoms with Gasteiger partial charge in [0, 0.05) is 5.97 Å². The number of carboxylic acid groups (broad SMARTS) is 1. The zero-order valence-electron chi connectivity index (χ0n) is 23.7. The predicted octanol–water partition coefficient (Wildman–Crippen LogP) is 9.38. The second-order valence-corrected chi connectivity index (χ2v) is 9.77. The van der Waals surface area contributed by atoms with Crippen LogP contribution >= 0.6 is 0 Å². The van der Waals surface area contributed by atoms with E-state index in [0.717, 1.165) is 6.92 Å². The number of rotatable bonds is 14. The molecule has 328 valence electrons. The van der Waals surface area contributed by atoms with Gasteiger partial charge in [0.15, 0.2) is 0 Å². The van der Waals surface area contributed by atoms with Crippen LogP contribution in [0.15, 0.2) is 0 Å². The average Bonchev–Trinajstić information content (AvgIpc) is 2.89. The summed E-state index contributed by atoms with van der Waals surface area (Å²) in [5, 5.41) is 8.89. The van der Waals surface area contributed by atoms with Crippen LogP contribution in [0.4, 0.5) is 149 Å². The van der Waals surface area contributed by atoms with Gasteiger partial charge in [-0.15, -0.1) is 0 Å². The number of hydrogen-bond donors (Lipinski definition) is 0. The van der Waals surface area contributed by atoms with E-state index in [1.807, 2.05) is 0 Å². The third-order valence-corrected chi connectivity index (χ3v) is 5.86. The summed E-state index contributed by atoms with van der Waals surface area (Å²) in [5.41, 5.74) is 0. The number of carbonyl (C=O) groups is 1. The van der Waals surface area contributed by atoms with Crippen LogP contribution in [0, 0.1) is 0 Å². The minimum absolute atomic E-state index is 0.972. The topological polar surface area (TPSA) is 40.1 Å². The van der Waals surface area contributed by atoms with Crippen molar-refractivity contribution in [1.29, 1.82) is 0 Å². The first-order chi connectivity index (χ1) is 22.9. The number of hydrogen-bond acceptors (Lipinski definition) is 2. The molecule has 0 saturated carbocycles. The Morgan fingerprint density at radius 2 is 0.400 bits per heavy atom. The molecule has 0 heterocycles. The van der Waals surface area contributed by atoms with Crippen molar-refractivity contribution in [3.8, 4) is 0 Å². The maximum atomic E-state index is 13.6. The fourth-order valence-corrected chi connectivity index (χ4v) is 2.76. The fourth-order valence-electron chi connectivity index (χ4n) is 2.76. The SMILES string of the molecule is CC(=O)[O-].FC(F)(F)C(F)(F)C(F)(F)C(F)(F)C(F)(F)C(F)(F)C(F)(F)C(F)(F)[B+]C(F)(F)C(F)(F)C(F)(F)C(F)(F)C(F)(F)C(F)(F)C(F)(F)C(F)(F)F. The first kappa shape index (κ1) is 54.3. The fraction of sp³-hybridized carbons (Fsp3) is 0.944. The molecule has 0 spiro atoms. The Morgan fingerprint density at radius 1 is 0.291 bits per heavy atom. The second-order valence-electron chi connectivity index (χ2n) is 9.77. The number of alkyl halides is 34. The molecular weight excluding hydrogens is 905 g/mol. The van der Waals surface area contributed by atoms with E-state index >= 15 is 0 Å². The van der Waals surface area contributed by atoms with E-state index in [1.165, 1.54) is 0 Å². The number of carbonyl (C=O) groups excluding carboxylic acids is 1. The van der Waals surface area contributed by atoms with Crippen LogP contribution in [0.1, 0.15) is 6.92 Å². The van der Waals surface area contributed by atoms with Gasteiger partial charge >= 0.3 is 252 Å². The summed E-state index contributed by atoms with van der Waals surface area (Å²) >= 11 is 0. The molecule has 0 bridgehead atoms. The van der Waals surface area contributed by atoms with Crippen LogP contribution in [-0.4, -0.2) is 108 Å². The van der Waals surface area contributed by atoms with Gasteiger partial charge in [-0.1, -0.05) is 0 Å². The van der Waals surface area contributed by atoms with Gasteiger partial charge in [-0.2, -0.15) is 0 Å². The quantitative estimate of drug-likeness (QED) is 0.129. The van der Waals surface area contributed by atoms with E-state index in [4.69, 9.17) is 9.90 Å². The summed E-state index contributed by atoms with van der Waals surface area (Å²) in [6.45, 7) is 0.972. The van der Waals surface area contributed by atoms with E-state index in [9.17, 15) is 149 Å². The Bertz CT molecular complexity index is 1270. The third-order valence-electron chi connectivity index (χ3n) is 5.86. The van der Waals surface area contributed by atoms with Gasteiger partial charge in [0.2, 0.25) is 0 Å². The molecule has 0 atom stereocenters. The molecule has 55 heavy (non-hydrogen) atoms. The van der Waals surface area contributed by atoms with Gasteiger partial charge < -0.3 is 9.90 Å². The van der Waals surface area contributed by atoms with E-state index in [1.54, 1.807) is 0 Å². The Labute approximate surface area is 276 Å². The number of aliphatic carboxylic acids is 1. The standard InChI is InChI=1S/C16BF34.C2H4O2/c18-1(19,3(22,23)7(30,31)11(38,39)15(46,47)48)5(26,27)9(34,35)13(42,43)17-14(44,45)10(36,37)6(28,29)2(20,21)4(24,25)8(32,33)12(40,41)16(49,50)51;1-2(3)4/h;1H3,(H,3,4)/q+1;/p-1. The zero-order chi connectivity index (χ0) is 46.3. The first-order valence-electron chi connectivity index (χ1n) is 11.4. The molecule has 0 aromatic carbocycles. The molecule has 0 aliphatic heterocycles. The van der Waals surface area contributed by atoms with E-state index in [0.29, 0.717) is 0 Å². The minimum atomic E-state index is -9.68. The van der Waals surface area contributed by atoms with Crippen molar-refractivity contribution in [3.05, 3.63) is 0 Å². The predicted molar refractivity (Wildman–Crippen MR) is 97.8 cm³/mol. The van der Waals surface area contributed by atoms with Crippen molar-refractivity contribution < 1.29 is 159 Å². The van der Waals surface area contributed by atoms with E-state index in [-0.39, 0.29) is 0 Å². The Balaban J connectivity index is 0. The molecule has 2 nitrogen and oxygen atoms in total. The Morgan fingerprint density at radius 3 is 0.527 bits per heavy atom. The van der Waals surface area contributed by atoms with Crippen molar-refractivity contribution in [2.24, 2.45) is 0 Å². The summed E-state index contributed by atoms with van der Waals surface area (Å²) in [6, 6.07) is 0. The van der Waals surface area contributed by atoms with Gasteiger partial charge in [-0.3, -0.25) is 0 Å². The molecule has 0 fully saturated rings. The van der Waals surface area contributed by atoms with Crippen molar-refractivity contribution >= 4 is 13.2 Å². The molecule has 0 rings (SSSR count). The summed E-state index contributed by atoms with van der Waals surface area (Å²) in [4.78, 5) is 8.89. The van der Waals surface area contributed by atoms with Crippen molar-refractivity contribution in [2.75, 3.05) is 0 Å². The molecule has 0 saturated heterocycles. The average molecular weight is 908 g/mol. The molecule has 0 aliphatic carbocycles. The van der Waals surface area contributed by atoms with Gasteiger partial charge in [-0.05, 0) is 6.92 Å². The van der Waals surface area contributed by atoms with Gasteiger partial charge in [0.25, 0.3) is 0 Å². The van der Waals surface area contributed by atoms with E-state index < -0.39 is 108 Å². The third kappa shape index (κ3) is 7.41. The summed E-state index contributed by atoms with van der Waals surface area (Å²) in [5.74, 6) is -132. The van der Waals surface area contributed by atoms with E-state index in [2.05, 4.69) is 0 Å². The van der Waals surface area contributed by atoms with Crippen LogP contribution in [0.3, 0.4) is 0 Å². The maximum absolute atomic E-state index is 13.6. The molecule has 0 N–H and O–H groups in total. The molecule has 0 aromatic rings. The summed E-state index contributed by atoms with van der Waals surface area (Å²) in [7, 11) is -4.50. The molecule has 0 aliphatic rings. The van der Waals surface area contributed by atoms with Gasteiger partial charge in [-0.25, -0.2) is 0 Å². The summed E-state index contributed by atoms with van der Waals surface area (Å²) < 4.78 is 446. The monoisotopic (exact) mass is 908 g/mol. The first-order valence-corrected chi connectivity index (χ1v) is 11.4. The summed E-state index contributed by atoms with van der Waals surface area (Å²) in [6.07, 6.45) is -16.6. The Kier molecular flexibility index (Phi) is 13.4. The second kappa shape index (κ2) is 13.6. The molecule has 0 radical (unpaired) electrons. The normalized spacial score (nSPS) is 16.3. The molecule has 0 amide bonds. The van der Waals surface area contributed by atoms with Crippen LogP contribution in [-0.2, 0) is 4.79 Å². The van der Waals surface area contributed by atoms with Crippen LogP contribution in [0.5, 0.6) is 0 Å². The van der Waals surface area contributed by atoms with Gasteiger partial charge in [0.1, 0.15) is 0 Å². The van der Waals surface area contributed by atoms with Crippen LogP contribution in [0.2, 0.25) is 0 Å². The van der Waals surface area contributed by atoms with Crippen LogP contribution < -0.4 is 5.11 Å². The molecular formula is C18H3BF34O2. The van der Waals surface area contributed by atoms with Gasteiger partial charge in [0.05, 0.1) is 0 Å². The Hall–Kier alpha value is -2.85.